The van der Waals surface area contributed by atoms with Crippen LogP contribution in [0.25, 0.3) is 0 Å². The molecule has 1 aliphatic heterocycles. The summed E-state index contributed by atoms with van der Waals surface area (Å²) in [7, 11) is 5.56. The minimum Gasteiger partial charge on any atom is -0.497 e. The molecule has 8 heteroatoms. The van der Waals surface area contributed by atoms with Crippen LogP contribution in [-0.2, 0) is 19.5 Å². The van der Waals surface area contributed by atoms with Crippen molar-refractivity contribution in [3.05, 3.63) is 112 Å². The van der Waals surface area contributed by atoms with Crippen molar-refractivity contribution in [3.63, 3.8) is 0 Å². The zero-order chi connectivity index (χ0) is 33.9. The Kier molecular flexibility index (Phi) is 13.4. The summed E-state index contributed by atoms with van der Waals surface area (Å²) in [5.74, 6) is 3.58. The van der Waals surface area contributed by atoms with E-state index in [-0.39, 0.29) is 5.92 Å². The van der Waals surface area contributed by atoms with Crippen LogP contribution in [0.5, 0.6) is 17.2 Å². The Labute approximate surface area is 296 Å². The molecule has 1 aliphatic carbocycles. The second kappa shape index (κ2) is 17.9. The van der Waals surface area contributed by atoms with Crippen molar-refractivity contribution in [2.24, 2.45) is 5.92 Å². The van der Waals surface area contributed by atoms with Crippen LogP contribution in [0.4, 0.5) is 5.69 Å². The Morgan fingerprint density at radius 1 is 0.896 bits per heavy atom. The lowest BCUT2D eigenvalue weighted by atomic mass is 9.86. The number of hydrogen-bond acceptors (Lipinski definition) is 7. The fourth-order valence-electron chi connectivity index (χ4n) is 6.11. The number of halogens is 1. The Morgan fingerprint density at radius 2 is 1.54 bits per heavy atom. The first-order chi connectivity index (χ1) is 23.4. The zero-order valence-electron chi connectivity index (χ0n) is 28.7. The average molecular weight is 689 g/mol. The number of hydrogen-bond donors (Lipinski definition) is 1. The number of aliphatic hydroxyl groups is 1. The summed E-state index contributed by atoms with van der Waals surface area (Å²) in [5, 5.41) is 9.18. The maximum atomic E-state index is 8.39. The summed E-state index contributed by atoms with van der Waals surface area (Å²) >= 11 is 8.12. The molecule has 256 valence electrons. The van der Waals surface area contributed by atoms with Crippen LogP contribution < -0.4 is 19.1 Å². The first kappa shape index (κ1) is 35.9. The van der Waals surface area contributed by atoms with Crippen LogP contribution in [-0.4, -0.2) is 50.4 Å². The van der Waals surface area contributed by atoms with Crippen molar-refractivity contribution in [2.45, 2.75) is 62.9 Å². The van der Waals surface area contributed by atoms with Crippen LogP contribution in [0, 0.1) is 5.92 Å². The molecular weight excluding hydrogens is 640 g/mol. The minimum atomic E-state index is 0.263. The molecule has 1 heterocycles. The van der Waals surface area contributed by atoms with Crippen molar-refractivity contribution < 1.29 is 19.3 Å². The van der Waals surface area contributed by atoms with Crippen LogP contribution in [0.1, 0.15) is 60.8 Å². The van der Waals surface area contributed by atoms with E-state index >= 15 is 0 Å². The molecule has 6 rings (SSSR count). The summed E-state index contributed by atoms with van der Waals surface area (Å²) in [6.07, 6.45) is 5.96. The Balaban J connectivity index is 0.000000677. The second-order valence-electron chi connectivity index (χ2n) is 12.7. The summed E-state index contributed by atoms with van der Waals surface area (Å²) in [6, 6.07) is 29.4. The standard InChI is InChI=1S/C35H39ClN2O3S.C5H10O/c1-5-6-27-19-29(36)11-17-33(27)28-23-37(2)34-20-32(16-18-35(34)41-24-28)42-38(21-25-7-12-30(39-3)13-8-25)22-26-9-14-31(40-4)15-10-26;6-4-5-2-1-3-5/h7-20,28H,5-6,21-24H2,1-4H3;5-6H,1-4H2. The highest BCUT2D eigenvalue weighted by atomic mass is 35.5. The summed E-state index contributed by atoms with van der Waals surface area (Å²) < 4.78 is 19.5. The number of fused-ring (bicyclic) bond motifs is 1. The van der Waals surface area contributed by atoms with E-state index in [4.69, 9.17) is 30.9 Å². The quantitative estimate of drug-likeness (QED) is 0.149. The third-order valence-electron chi connectivity index (χ3n) is 9.09. The van der Waals surface area contributed by atoms with Crippen LogP contribution in [0.15, 0.2) is 89.8 Å². The Hall–Kier alpha value is -3.36. The number of rotatable bonds is 12. The summed E-state index contributed by atoms with van der Waals surface area (Å²) in [4.78, 5) is 3.50. The van der Waals surface area contributed by atoms with Gasteiger partial charge in [-0.05, 0) is 114 Å². The second-order valence-corrected chi connectivity index (χ2v) is 14.3. The number of likely N-dealkylation sites (N-methyl/N-ethyl adjacent to an activating group) is 1. The third kappa shape index (κ3) is 9.85. The smallest absolute Gasteiger partial charge is 0.142 e. The molecule has 6 nitrogen and oxygen atoms in total. The SMILES string of the molecule is CCCc1cc(Cl)ccc1C1COc2ccc(SN(Cc3ccc(OC)cc3)Cc3ccc(OC)cc3)cc2N(C)C1.OCC1CCC1. The zero-order valence-corrected chi connectivity index (χ0v) is 30.2. The molecule has 4 aromatic carbocycles. The van der Waals surface area contributed by atoms with Gasteiger partial charge in [-0.2, -0.15) is 0 Å². The molecule has 1 unspecified atom stereocenters. The van der Waals surface area contributed by atoms with Crippen LogP contribution >= 0.6 is 23.5 Å². The van der Waals surface area contributed by atoms with Gasteiger partial charge < -0.3 is 24.2 Å². The molecule has 0 amide bonds. The van der Waals surface area contributed by atoms with Gasteiger partial charge in [-0.15, -0.1) is 0 Å². The first-order valence-electron chi connectivity index (χ1n) is 16.9. The fourth-order valence-corrected chi connectivity index (χ4v) is 7.32. The number of aliphatic hydroxyl groups excluding tert-OH is 1. The number of anilines is 1. The number of nitrogens with zero attached hydrogens (tertiary/aromatic N) is 2. The van der Waals surface area contributed by atoms with Gasteiger partial charge in [-0.1, -0.05) is 61.7 Å². The topological polar surface area (TPSA) is 54.4 Å². The normalized spacial score (nSPS) is 15.8. The molecule has 0 radical (unpaired) electrons. The van der Waals surface area contributed by atoms with Gasteiger partial charge >= 0.3 is 0 Å². The molecule has 0 bridgehead atoms. The molecule has 1 N–H and O–H groups in total. The van der Waals surface area contributed by atoms with Gasteiger partial charge in [0.05, 0.1) is 26.5 Å². The van der Waals surface area contributed by atoms with E-state index in [2.05, 4.69) is 77.8 Å². The molecule has 1 fully saturated rings. The molecular formula is C40H49ClN2O4S. The van der Waals surface area contributed by atoms with E-state index in [9.17, 15) is 0 Å². The lowest BCUT2D eigenvalue weighted by molar-refractivity contribution is 0.163. The molecule has 4 aromatic rings. The van der Waals surface area contributed by atoms with Crippen LogP contribution in [0.3, 0.4) is 0 Å². The lowest BCUT2D eigenvalue weighted by Crippen LogP contribution is -2.25. The van der Waals surface area contributed by atoms with E-state index in [1.807, 2.05) is 30.3 Å². The van der Waals surface area contributed by atoms with Gasteiger partial charge in [0.2, 0.25) is 0 Å². The largest absolute Gasteiger partial charge is 0.497 e. The monoisotopic (exact) mass is 688 g/mol. The highest BCUT2D eigenvalue weighted by Crippen LogP contribution is 2.39. The number of aryl methyl sites for hydroxylation is 1. The van der Waals surface area contributed by atoms with Gasteiger partial charge in [0.25, 0.3) is 0 Å². The molecule has 48 heavy (non-hydrogen) atoms. The lowest BCUT2D eigenvalue weighted by Gasteiger charge is -2.25. The van der Waals surface area contributed by atoms with Crippen molar-refractivity contribution in [1.82, 2.24) is 4.31 Å². The Bertz CT molecular complexity index is 1530. The molecule has 0 spiro atoms. The van der Waals surface area contributed by atoms with Crippen molar-refractivity contribution in [2.75, 3.05) is 45.9 Å². The van der Waals surface area contributed by atoms with E-state index in [1.165, 1.54) is 46.4 Å². The molecule has 1 atom stereocenters. The van der Waals surface area contributed by atoms with Gasteiger partial charge in [-0.25, -0.2) is 4.31 Å². The van der Waals surface area contributed by atoms with Gasteiger partial charge in [-0.3, -0.25) is 0 Å². The predicted octanol–water partition coefficient (Wildman–Crippen LogP) is 9.41. The van der Waals surface area contributed by atoms with E-state index in [1.54, 1.807) is 26.2 Å². The third-order valence-corrected chi connectivity index (χ3v) is 10.3. The number of methoxy groups -OCH3 is 2. The van der Waals surface area contributed by atoms with Gasteiger partial charge in [0.1, 0.15) is 17.2 Å². The fraction of sp³-hybridized carbons (Fsp3) is 0.400. The molecule has 1 saturated carbocycles. The van der Waals surface area contributed by atoms with Crippen LogP contribution in [0.2, 0.25) is 5.02 Å². The molecule has 0 saturated heterocycles. The van der Waals surface area contributed by atoms with Crippen molar-refractivity contribution in [3.8, 4) is 17.2 Å². The number of ether oxygens (including phenoxy) is 3. The summed E-state index contributed by atoms with van der Waals surface area (Å²) in [6.45, 7) is 5.71. The Morgan fingerprint density at radius 3 is 2.06 bits per heavy atom. The average Bonchev–Trinajstić information content (AvgIpc) is 3.23. The maximum absolute atomic E-state index is 8.39. The van der Waals surface area contributed by atoms with Crippen molar-refractivity contribution >= 4 is 29.2 Å². The van der Waals surface area contributed by atoms with Gasteiger partial charge in [0.15, 0.2) is 0 Å². The molecule has 0 aromatic heterocycles. The predicted molar refractivity (Wildman–Crippen MR) is 199 cm³/mol. The molecule has 2 aliphatic rings. The summed E-state index contributed by atoms with van der Waals surface area (Å²) in [5.41, 5.74) is 6.21. The van der Waals surface area contributed by atoms with Gasteiger partial charge in [0, 0.05) is 49.1 Å². The highest BCUT2D eigenvalue weighted by Gasteiger charge is 2.25. The van der Waals surface area contributed by atoms with Crippen molar-refractivity contribution in [1.29, 1.82) is 0 Å². The highest BCUT2D eigenvalue weighted by molar-refractivity contribution is 7.97. The first-order valence-corrected chi connectivity index (χ1v) is 18.1. The number of benzene rings is 4. The van der Waals surface area contributed by atoms with E-state index in [0.29, 0.717) is 19.1 Å². The van der Waals surface area contributed by atoms with E-state index in [0.717, 1.165) is 60.4 Å². The maximum Gasteiger partial charge on any atom is 0.142 e. The minimum absolute atomic E-state index is 0.263. The van der Waals surface area contributed by atoms with E-state index < -0.39 is 0 Å².